The lowest BCUT2D eigenvalue weighted by Gasteiger charge is -2.16. The number of rotatable bonds is 5. The van der Waals surface area contributed by atoms with Gasteiger partial charge in [-0.25, -0.2) is 14.3 Å². The van der Waals surface area contributed by atoms with Crippen LogP contribution in [-0.4, -0.2) is 34.7 Å². The van der Waals surface area contributed by atoms with Crippen LogP contribution in [-0.2, 0) is 4.74 Å². The molecule has 7 nitrogen and oxygen atoms in total. The number of halogens is 1. The van der Waals surface area contributed by atoms with Crippen LogP contribution < -0.4 is 11.0 Å². The van der Waals surface area contributed by atoms with Crippen molar-refractivity contribution in [1.29, 1.82) is 0 Å². The van der Waals surface area contributed by atoms with Crippen LogP contribution in [0, 0.1) is 5.82 Å². The molecular weight excluding hydrogens is 267 g/mol. The zero-order valence-corrected chi connectivity index (χ0v) is 10.6. The summed E-state index contributed by atoms with van der Waals surface area (Å²) >= 11 is 0. The highest BCUT2D eigenvalue weighted by atomic mass is 19.1. The van der Waals surface area contributed by atoms with E-state index in [0.29, 0.717) is 0 Å². The van der Waals surface area contributed by atoms with Crippen LogP contribution in [0.25, 0.3) is 0 Å². The Bertz CT molecular complexity index is 635. The van der Waals surface area contributed by atoms with E-state index >= 15 is 0 Å². The molecule has 0 saturated heterocycles. The maximum absolute atomic E-state index is 12.8. The first-order chi connectivity index (χ1) is 9.60. The molecule has 1 heterocycles. The number of carbonyl (C=O) groups excluding carboxylic acids is 1. The van der Waals surface area contributed by atoms with Crippen LogP contribution in [0.5, 0.6) is 0 Å². The topological polar surface area (TPSA) is 99.9 Å². The van der Waals surface area contributed by atoms with Crippen molar-refractivity contribution in [2.75, 3.05) is 13.7 Å². The van der Waals surface area contributed by atoms with Gasteiger partial charge < -0.3 is 10.1 Å². The predicted molar refractivity (Wildman–Crippen MR) is 67.7 cm³/mol. The number of benzene rings is 1. The van der Waals surface area contributed by atoms with Gasteiger partial charge >= 0.3 is 5.69 Å². The van der Waals surface area contributed by atoms with Gasteiger partial charge in [0.15, 0.2) is 0 Å². The Hall–Kier alpha value is -2.48. The number of nitrogens with one attached hydrogen (secondary N) is 3. The fourth-order valence-corrected chi connectivity index (χ4v) is 1.66. The molecule has 2 rings (SSSR count). The van der Waals surface area contributed by atoms with Crippen LogP contribution in [0.1, 0.15) is 22.3 Å². The number of nitrogens with zero attached hydrogens (tertiary/aromatic N) is 1. The molecule has 0 spiro atoms. The lowest BCUT2D eigenvalue weighted by atomic mass is 10.1. The van der Waals surface area contributed by atoms with Crippen molar-refractivity contribution in [2.45, 2.75) is 6.10 Å². The largest absolute Gasteiger partial charge is 0.375 e. The van der Waals surface area contributed by atoms with Crippen molar-refractivity contribution in [3.63, 3.8) is 0 Å². The number of aromatic nitrogens is 3. The number of amides is 1. The molecule has 0 radical (unpaired) electrons. The van der Waals surface area contributed by atoms with Gasteiger partial charge in [-0.15, -0.1) is 5.10 Å². The van der Waals surface area contributed by atoms with Crippen LogP contribution in [0.2, 0.25) is 0 Å². The summed E-state index contributed by atoms with van der Waals surface area (Å²) in [6.07, 6.45) is -0.426. The number of ether oxygens (including phenoxy) is 1. The first-order valence-corrected chi connectivity index (χ1v) is 5.81. The minimum atomic E-state index is -0.558. The molecule has 1 aromatic carbocycles. The van der Waals surface area contributed by atoms with Crippen molar-refractivity contribution in [3.8, 4) is 0 Å². The van der Waals surface area contributed by atoms with Gasteiger partial charge in [0.05, 0.1) is 6.10 Å². The van der Waals surface area contributed by atoms with E-state index < -0.39 is 17.7 Å². The Labute approximate surface area is 113 Å². The lowest BCUT2D eigenvalue weighted by molar-refractivity contribution is 0.0820. The van der Waals surface area contributed by atoms with Crippen LogP contribution >= 0.6 is 0 Å². The number of H-pyrrole nitrogens is 2. The van der Waals surface area contributed by atoms with Gasteiger partial charge in [-0.2, -0.15) is 0 Å². The molecule has 8 heteroatoms. The lowest BCUT2D eigenvalue weighted by Crippen LogP contribution is -2.30. The average molecular weight is 280 g/mol. The first kappa shape index (κ1) is 13.9. The standard InChI is InChI=1S/C12H13FN4O3/c1-20-9(7-2-4-8(13)5-3-7)6-14-11(18)10-15-12(19)17-16-10/h2-5,9H,6H2,1H3,(H,14,18)(H2,15,16,17,19)/t9-/m1/s1. The molecule has 1 aromatic heterocycles. The predicted octanol–water partition coefficient (Wildman–Crippen LogP) is 0.355. The first-order valence-electron chi connectivity index (χ1n) is 5.81. The second-order valence-corrected chi connectivity index (χ2v) is 4.01. The summed E-state index contributed by atoms with van der Waals surface area (Å²) in [5, 5.41) is 8.17. The van der Waals surface area contributed by atoms with Gasteiger partial charge in [0.2, 0.25) is 5.82 Å². The minimum Gasteiger partial charge on any atom is -0.375 e. The maximum Gasteiger partial charge on any atom is 0.341 e. The third-order valence-corrected chi connectivity index (χ3v) is 2.69. The number of carbonyl (C=O) groups is 1. The number of aromatic amines is 2. The van der Waals surface area contributed by atoms with E-state index in [1.54, 1.807) is 12.1 Å². The van der Waals surface area contributed by atoms with E-state index in [4.69, 9.17) is 4.74 Å². The fraction of sp³-hybridized carbons (Fsp3) is 0.250. The van der Waals surface area contributed by atoms with Gasteiger partial charge in [-0.3, -0.25) is 9.78 Å². The zero-order valence-electron chi connectivity index (χ0n) is 10.6. The number of hydrogen-bond acceptors (Lipinski definition) is 4. The third-order valence-electron chi connectivity index (χ3n) is 2.69. The van der Waals surface area contributed by atoms with Crippen molar-refractivity contribution in [3.05, 3.63) is 52.0 Å². The third kappa shape index (κ3) is 3.29. The van der Waals surface area contributed by atoms with Crippen molar-refractivity contribution in [2.24, 2.45) is 0 Å². The Morgan fingerprint density at radius 3 is 2.70 bits per heavy atom. The molecule has 0 saturated carbocycles. The van der Waals surface area contributed by atoms with Crippen LogP contribution in [0.3, 0.4) is 0 Å². The molecule has 0 aliphatic rings. The molecule has 106 valence electrons. The molecule has 0 fully saturated rings. The van der Waals surface area contributed by atoms with Crippen molar-refractivity contribution < 1.29 is 13.9 Å². The van der Waals surface area contributed by atoms with Crippen LogP contribution in [0.15, 0.2) is 29.1 Å². The van der Waals surface area contributed by atoms with E-state index in [1.165, 1.54) is 19.2 Å². The molecule has 3 N–H and O–H groups in total. The molecule has 0 unspecified atom stereocenters. The summed E-state index contributed by atoms with van der Waals surface area (Å²) in [5.41, 5.74) is 0.168. The Morgan fingerprint density at radius 2 is 2.15 bits per heavy atom. The summed E-state index contributed by atoms with van der Waals surface area (Å²) in [7, 11) is 1.48. The molecular formula is C12H13FN4O3. The van der Waals surface area contributed by atoms with Gasteiger partial charge in [0.1, 0.15) is 5.82 Å². The number of methoxy groups -OCH3 is 1. The second-order valence-electron chi connectivity index (χ2n) is 4.01. The molecule has 0 aliphatic carbocycles. The Kier molecular flexibility index (Phi) is 4.26. The summed E-state index contributed by atoms with van der Waals surface area (Å²) < 4.78 is 18.1. The monoisotopic (exact) mass is 280 g/mol. The highest BCUT2D eigenvalue weighted by Gasteiger charge is 2.15. The van der Waals surface area contributed by atoms with Gasteiger partial charge in [-0.05, 0) is 17.7 Å². The SMILES string of the molecule is CO[C@H](CNC(=O)c1n[nH]c(=O)[nH]1)c1ccc(F)cc1. The molecule has 1 atom stereocenters. The van der Waals surface area contributed by atoms with Crippen molar-refractivity contribution in [1.82, 2.24) is 20.5 Å². The molecule has 0 aliphatic heterocycles. The minimum absolute atomic E-state index is 0.107. The molecule has 1 amide bonds. The highest BCUT2D eigenvalue weighted by Crippen LogP contribution is 2.16. The smallest absolute Gasteiger partial charge is 0.341 e. The highest BCUT2D eigenvalue weighted by molar-refractivity contribution is 5.90. The van der Waals surface area contributed by atoms with Gasteiger partial charge in [-0.1, -0.05) is 12.1 Å². The van der Waals surface area contributed by atoms with Gasteiger partial charge in [0.25, 0.3) is 5.91 Å². The number of hydrogen-bond donors (Lipinski definition) is 3. The molecule has 20 heavy (non-hydrogen) atoms. The quantitative estimate of drug-likeness (QED) is 0.736. The second kappa shape index (κ2) is 6.11. The molecule has 0 bridgehead atoms. The summed E-state index contributed by atoms with van der Waals surface area (Å²) in [6.45, 7) is 0.163. The summed E-state index contributed by atoms with van der Waals surface area (Å²) in [4.78, 5) is 24.8. The Morgan fingerprint density at radius 1 is 1.45 bits per heavy atom. The van der Waals surface area contributed by atoms with E-state index in [0.717, 1.165) is 5.56 Å². The Balaban J connectivity index is 1.99. The average Bonchev–Trinajstić information content (AvgIpc) is 2.88. The van der Waals surface area contributed by atoms with Crippen molar-refractivity contribution >= 4 is 5.91 Å². The van der Waals surface area contributed by atoms with Gasteiger partial charge in [0, 0.05) is 13.7 Å². The molecule has 2 aromatic rings. The fourth-order valence-electron chi connectivity index (χ4n) is 1.66. The van der Waals surface area contributed by atoms with Crippen LogP contribution in [0.4, 0.5) is 4.39 Å². The summed E-state index contributed by atoms with van der Waals surface area (Å²) in [6, 6.07) is 5.78. The van der Waals surface area contributed by atoms with E-state index in [-0.39, 0.29) is 18.2 Å². The zero-order chi connectivity index (χ0) is 14.5. The van der Waals surface area contributed by atoms with E-state index in [2.05, 4.69) is 20.5 Å². The normalized spacial score (nSPS) is 12.1. The summed E-state index contributed by atoms with van der Waals surface area (Å²) in [5.74, 6) is -0.988. The maximum atomic E-state index is 12.8. The van der Waals surface area contributed by atoms with E-state index in [1.807, 2.05) is 0 Å². The van der Waals surface area contributed by atoms with E-state index in [9.17, 15) is 14.0 Å².